The minimum atomic E-state index is -1.40. The fourth-order valence-electron chi connectivity index (χ4n) is 2.94. The Morgan fingerprint density at radius 1 is 1.25 bits per heavy atom. The molecule has 0 saturated carbocycles. The van der Waals surface area contributed by atoms with Gasteiger partial charge in [-0.15, -0.1) is 0 Å². The smallest absolute Gasteiger partial charge is 0.335 e. The summed E-state index contributed by atoms with van der Waals surface area (Å²) in [4.78, 5) is 23.6. The number of methoxy groups -OCH3 is 2. The number of ether oxygens (including phenoxy) is 4. The Balaban J connectivity index is 2.08. The summed E-state index contributed by atoms with van der Waals surface area (Å²) < 4.78 is 22.1. The Bertz CT molecular complexity index is 482. The summed E-state index contributed by atoms with van der Waals surface area (Å²) in [7, 11) is 2.80. The third-order valence-corrected chi connectivity index (χ3v) is 4.77. The molecule has 24 heavy (non-hydrogen) atoms. The molecule has 0 radical (unpaired) electrons. The van der Waals surface area contributed by atoms with Crippen LogP contribution < -0.4 is 10.6 Å². The van der Waals surface area contributed by atoms with Crippen LogP contribution in [0.5, 0.6) is 0 Å². The van der Waals surface area contributed by atoms with Crippen LogP contribution in [0.4, 0.5) is 0 Å². The molecular weight excluding hydrogens is 320 g/mol. The highest BCUT2D eigenvalue weighted by atomic mass is 16.8. The zero-order valence-corrected chi connectivity index (χ0v) is 14.5. The molecule has 0 unspecified atom stereocenters. The van der Waals surface area contributed by atoms with Crippen molar-refractivity contribution in [2.75, 3.05) is 27.3 Å². The molecule has 1 amide bonds. The van der Waals surface area contributed by atoms with Crippen LogP contribution in [0, 0.1) is 0 Å². The first-order valence-electron chi connectivity index (χ1n) is 7.96. The van der Waals surface area contributed by atoms with Crippen LogP contribution in [-0.2, 0) is 28.5 Å². The minimum Gasteiger partial charge on any atom is -0.479 e. The normalized spacial score (nSPS) is 39.6. The second-order valence-electron chi connectivity index (χ2n) is 6.23. The largest absolute Gasteiger partial charge is 0.479 e. The number of hydrogen-bond donors (Lipinski definition) is 3. The molecule has 2 aliphatic heterocycles. The molecular formula is C15H26N2O7. The number of rotatable bonds is 6. The summed E-state index contributed by atoms with van der Waals surface area (Å²) in [6.07, 6.45) is -0.517. The van der Waals surface area contributed by atoms with Crippen molar-refractivity contribution in [3.63, 3.8) is 0 Å². The molecule has 0 spiro atoms. The van der Waals surface area contributed by atoms with Gasteiger partial charge in [0, 0.05) is 20.8 Å². The zero-order valence-electron chi connectivity index (χ0n) is 14.5. The molecule has 0 aromatic heterocycles. The minimum absolute atomic E-state index is 0.00722. The summed E-state index contributed by atoms with van der Waals surface area (Å²) >= 11 is 0. The van der Waals surface area contributed by atoms with Gasteiger partial charge >= 0.3 is 5.97 Å². The topological polar surface area (TPSA) is 115 Å². The fraction of sp³-hybridized carbons (Fsp3) is 0.867. The van der Waals surface area contributed by atoms with Crippen LogP contribution >= 0.6 is 0 Å². The molecule has 2 rings (SSSR count). The van der Waals surface area contributed by atoms with E-state index in [2.05, 4.69) is 10.6 Å². The van der Waals surface area contributed by atoms with E-state index in [-0.39, 0.29) is 18.5 Å². The van der Waals surface area contributed by atoms with Crippen molar-refractivity contribution in [1.82, 2.24) is 10.6 Å². The van der Waals surface area contributed by atoms with E-state index in [0.29, 0.717) is 0 Å². The fourth-order valence-corrected chi connectivity index (χ4v) is 2.94. The maximum absolute atomic E-state index is 12.1. The predicted molar refractivity (Wildman–Crippen MR) is 82.2 cm³/mol. The van der Waals surface area contributed by atoms with E-state index in [9.17, 15) is 14.7 Å². The van der Waals surface area contributed by atoms with Gasteiger partial charge in [0.1, 0.15) is 6.10 Å². The van der Waals surface area contributed by atoms with Crippen molar-refractivity contribution < 1.29 is 33.6 Å². The Labute approximate surface area is 141 Å². The van der Waals surface area contributed by atoms with Crippen LogP contribution in [-0.4, -0.2) is 74.1 Å². The summed E-state index contributed by atoms with van der Waals surface area (Å²) in [5, 5.41) is 15.2. The third kappa shape index (κ3) is 3.55. The first-order valence-corrected chi connectivity index (χ1v) is 7.96. The highest BCUT2D eigenvalue weighted by Crippen LogP contribution is 2.39. The Morgan fingerprint density at radius 3 is 2.38 bits per heavy atom. The number of carboxylic acids is 1. The Kier molecular flexibility index (Phi) is 5.82. The average Bonchev–Trinajstić information content (AvgIpc) is 3.09. The lowest BCUT2D eigenvalue weighted by Crippen LogP contribution is -2.68. The standard InChI is InChI=1S/C15H26N2O7/c1-14(21-3)15(2,22-4)24-11(13(19)20)10(23-14)8-17-12(18)9-6-5-7-16-9/h9-11,16H,5-8H2,1-4H3,(H,17,18)(H,19,20)/t9-,10-,11+,14+,15+/m0/s1. The summed E-state index contributed by atoms with van der Waals surface area (Å²) in [6.45, 7) is 3.94. The van der Waals surface area contributed by atoms with E-state index in [1.165, 1.54) is 14.2 Å². The van der Waals surface area contributed by atoms with Gasteiger partial charge in [-0.25, -0.2) is 4.79 Å². The van der Waals surface area contributed by atoms with Gasteiger partial charge in [-0.3, -0.25) is 4.79 Å². The highest BCUT2D eigenvalue weighted by Gasteiger charge is 2.58. The van der Waals surface area contributed by atoms with Gasteiger partial charge in [-0.2, -0.15) is 0 Å². The van der Waals surface area contributed by atoms with Gasteiger partial charge in [0.15, 0.2) is 6.10 Å². The third-order valence-electron chi connectivity index (χ3n) is 4.77. The van der Waals surface area contributed by atoms with E-state index < -0.39 is 29.8 Å². The van der Waals surface area contributed by atoms with Crippen LogP contribution in [0.15, 0.2) is 0 Å². The lowest BCUT2D eigenvalue weighted by atomic mass is 10.0. The molecule has 138 valence electrons. The maximum atomic E-state index is 12.1. The van der Waals surface area contributed by atoms with E-state index in [1.807, 2.05) is 0 Å². The summed E-state index contributed by atoms with van der Waals surface area (Å²) in [5.74, 6) is -4.11. The molecule has 2 heterocycles. The number of hydrogen-bond acceptors (Lipinski definition) is 7. The van der Waals surface area contributed by atoms with Gasteiger partial charge in [-0.05, 0) is 33.2 Å². The second-order valence-corrected chi connectivity index (χ2v) is 6.23. The van der Waals surface area contributed by atoms with Crippen molar-refractivity contribution >= 4 is 11.9 Å². The Hall–Kier alpha value is -1.26. The predicted octanol–water partition coefficient (Wildman–Crippen LogP) is -0.552. The monoisotopic (exact) mass is 346 g/mol. The van der Waals surface area contributed by atoms with Crippen LogP contribution in [0.25, 0.3) is 0 Å². The lowest BCUT2D eigenvalue weighted by Gasteiger charge is -2.51. The molecule has 0 aliphatic carbocycles. The molecule has 0 bridgehead atoms. The van der Waals surface area contributed by atoms with E-state index in [1.54, 1.807) is 13.8 Å². The van der Waals surface area contributed by atoms with E-state index in [0.717, 1.165) is 19.4 Å². The molecule has 2 saturated heterocycles. The van der Waals surface area contributed by atoms with Crippen molar-refractivity contribution in [2.24, 2.45) is 0 Å². The van der Waals surface area contributed by atoms with Crippen molar-refractivity contribution in [2.45, 2.75) is 56.5 Å². The van der Waals surface area contributed by atoms with Crippen LogP contribution in [0.2, 0.25) is 0 Å². The molecule has 0 aromatic carbocycles. The maximum Gasteiger partial charge on any atom is 0.335 e. The van der Waals surface area contributed by atoms with Gasteiger partial charge in [0.05, 0.1) is 6.04 Å². The molecule has 5 atom stereocenters. The molecule has 2 fully saturated rings. The molecule has 3 N–H and O–H groups in total. The molecule has 9 heteroatoms. The molecule has 0 aromatic rings. The average molecular weight is 346 g/mol. The molecule has 2 aliphatic rings. The van der Waals surface area contributed by atoms with Gasteiger partial charge in [0.25, 0.3) is 0 Å². The summed E-state index contributed by atoms with van der Waals surface area (Å²) in [6, 6.07) is -0.254. The van der Waals surface area contributed by atoms with Crippen LogP contribution in [0.1, 0.15) is 26.7 Å². The first kappa shape index (κ1) is 19.1. The van der Waals surface area contributed by atoms with E-state index >= 15 is 0 Å². The quantitative estimate of drug-likeness (QED) is 0.587. The Morgan fingerprint density at radius 2 is 1.88 bits per heavy atom. The number of carboxylic acid groups (broad SMARTS) is 1. The van der Waals surface area contributed by atoms with Gasteiger partial charge in [0.2, 0.25) is 17.5 Å². The number of carbonyl (C=O) groups is 2. The number of amides is 1. The van der Waals surface area contributed by atoms with E-state index in [4.69, 9.17) is 18.9 Å². The lowest BCUT2D eigenvalue weighted by molar-refractivity contribution is -0.442. The number of nitrogens with one attached hydrogen (secondary N) is 2. The zero-order chi connectivity index (χ0) is 18.0. The number of carbonyl (C=O) groups excluding carboxylic acids is 1. The SMILES string of the molecule is CO[C@]1(C)O[C@@H](CNC(=O)[C@@H]2CCCN2)[C@H](C(=O)O)O[C@@]1(C)OC. The van der Waals surface area contributed by atoms with Gasteiger partial charge < -0.3 is 34.7 Å². The van der Waals surface area contributed by atoms with Crippen molar-refractivity contribution in [3.8, 4) is 0 Å². The second kappa shape index (κ2) is 7.32. The molecule has 9 nitrogen and oxygen atoms in total. The van der Waals surface area contributed by atoms with Gasteiger partial charge in [-0.1, -0.05) is 0 Å². The van der Waals surface area contributed by atoms with Crippen molar-refractivity contribution in [3.05, 3.63) is 0 Å². The van der Waals surface area contributed by atoms with Crippen molar-refractivity contribution in [1.29, 1.82) is 0 Å². The number of aliphatic carboxylic acids is 1. The van der Waals surface area contributed by atoms with Crippen LogP contribution in [0.3, 0.4) is 0 Å². The highest BCUT2D eigenvalue weighted by molar-refractivity contribution is 5.82. The summed E-state index contributed by atoms with van der Waals surface area (Å²) in [5.41, 5.74) is 0. The first-order chi connectivity index (χ1) is 11.3.